The number of hydrogen-bond acceptors (Lipinski definition) is 3. The molecule has 0 aliphatic carbocycles. The van der Waals surface area contributed by atoms with Crippen LogP contribution >= 0.6 is 11.3 Å². The third-order valence-electron chi connectivity index (χ3n) is 4.82. The molecule has 0 bridgehead atoms. The molecule has 1 aromatic rings. The van der Waals surface area contributed by atoms with E-state index in [1.165, 1.54) is 48.5 Å². The number of nitrogens with zero attached hydrogens (tertiary/aromatic N) is 1. The molecule has 0 amide bonds. The second-order valence-corrected chi connectivity index (χ2v) is 8.56. The van der Waals surface area contributed by atoms with E-state index in [0.29, 0.717) is 6.04 Å². The Balaban J connectivity index is 2.10. The zero-order valence-corrected chi connectivity index (χ0v) is 15.0. The zero-order valence-electron chi connectivity index (χ0n) is 14.2. The molecule has 0 spiro atoms. The first-order valence-corrected chi connectivity index (χ1v) is 9.31. The fourth-order valence-corrected chi connectivity index (χ4v) is 4.50. The molecule has 0 aromatic carbocycles. The molecule has 1 aromatic heterocycles. The number of nitrogens with two attached hydrogens (primary N) is 1. The Labute approximate surface area is 134 Å². The Morgan fingerprint density at radius 1 is 1.29 bits per heavy atom. The van der Waals surface area contributed by atoms with Crippen LogP contribution in [0.25, 0.3) is 0 Å². The molecule has 120 valence electrons. The Kier molecular flexibility index (Phi) is 5.87. The van der Waals surface area contributed by atoms with E-state index in [4.69, 9.17) is 5.73 Å². The molecule has 0 radical (unpaired) electrons. The van der Waals surface area contributed by atoms with Gasteiger partial charge < -0.3 is 5.73 Å². The summed E-state index contributed by atoms with van der Waals surface area (Å²) in [6, 6.07) is 5.03. The van der Waals surface area contributed by atoms with Crippen molar-refractivity contribution in [1.29, 1.82) is 0 Å². The van der Waals surface area contributed by atoms with E-state index in [0.717, 1.165) is 12.5 Å². The van der Waals surface area contributed by atoms with Gasteiger partial charge in [0, 0.05) is 16.3 Å². The topological polar surface area (TPSA) is 29.3 Å². The highest BCUT2D eigenvalue weighted by Crippen LogP contribution is 2.35. The quantitative estimate of drug-likeness (QED) is 0.883. The van der Waals surface area contributed by atoms with Gasteiger partial charge in [0.1, 0.15) is 0 Å². The standard InChI is InChI=1S/C18H32N2S/c1-5-14-7-6-11-20(12-10-14)15(13-19)16-8-9-17(21-16)18(2,3)4/h8-9,14-15H,5-7,10-13,19H2,1-4H3. The summed E-state index contributed by atoms with van der Waals surface area (Å²) in [4.78, 5) is 5.56. The Hall–Kier alpha value is -0.380. The fourth-order valence-electron chi connectivity index (χ4n) is 3.29. The third-order valence-corrected chi connectivity index (χ3v) is 6.43. The summed E-state index contributed by atoms with van der Waals surface area (Å²) in [6.07, 6.45) is 5.38. The summed E-state index contributed by atoms with van der Waals surface area (Å²) in [7, 11) is 0. The minimum Gasteiger partial charge on any atom is -0.329 e. The van der Waals surface area contributed by atoms with E-state index in [1.54, 1.807) is 0 Å². The van der Waals surface area contributed by atoms with Crippen molar-refractivity contribution >= 4 is 11.3 Å². The predicted molar refractivity (Wildman–Crippen MR) is 94.0 cm³/mol. The smallest absolute Gasteiger partial charge is 0.0564 e. The van der Waals surface area contributed by atoms with Crippen LogP contribution in [-0.2, 0) is 5.41 Å². The van der Waals surface area contributed by atoms with E-state index in [-0.39, 0.29) is 5.41 Å². The van der Waals surface area contributed by atoms with Gasteiger partial charge >= 0.3 is 0 Å². The molecule has 1 fully saturated rings. The molecule has 2 N–H and O–H groups in total. The lowest BCUT2D eigenvalue weighted by Gasteiger charge is -2.29. The zero-order chi connectivity index (χ0) is 15.5. The average Bonchev–Trinajstić information content (AvgIpc) is 2.80. The third kappa shape index (κ3) is 4.30. The summed E-state index contributed by atoms with van der Waals surface area (Å²) < 4.78 is 0. The molecule has 2 nitrogen and oxygen atoms in total. The van der Waals surface area contributed by atoms with Gasteiger partial charge in [0.05, 0.1) is 6.04 Å². The van der Waals surface area contributed by atoms with Crippen LogP contribution in [0.15, 0.2) is 12.1 Å². The predicted octanol–water partition coefficient (Wildman–Crippen LogP) is 4.56. The molecule has 2 heterocycles. The van der Waals surface area contributed by atoms with Gasteiger partial charge in [-0.05, 0) is 55.8 Å². The molecule has 2 atom stereocenters. The van der Waals surface area contributed by atoms with Crippen molar-refractivity contribution in [1.82, 2.24) is 4.90 Å². The van der Waals surface area contributed by atoms with Crippen molar-refractivity contribution in [3.63, 3.8) is 0 Å². The van der Waals surface area contributed by atoms with Gasteiger partial charge in [-0.3, -0.25) is 4.90 Å². The van der Waals surface area contributed by atoms with Crippen molar-refractivity contribution in [3.05, 3.63) is 21.9 Å². The van der Waals surface area contributed by atoms with E-state index in [9.17, 15) is 0 Å². The van der Waals surface area contributed by atoms with Gasteiger partial charge in [0.25, 0.3) is 0 Å². The van der Waals surface area contributed by atoms with Crippen molar-refractivity contribution in [2.45, 2.75) is 64.8 Å². The molecule has 21 heavy (non-hydrogen) atoms. The van der Waals surface area contributed by atoms with Crippen molar-refractivity contribution in [2.24, 2.45) is 11.7 Å². The van der Waals surface area contributed by atoms with Crippen LogP contribution in [0.1, 0.15) is 69.2 Å². The first kappa shape index (κ1) is 17.0. The van der Waals surface area contributed by atoms with Crippen LogP contribution in [0.2, 0.25) is 0 Å². The minimum absolute atomic E-state index is 0.244. The first-order chi connectivity index (χ1) is 9.95. The maximum Gasteiger partial charge on any atom is 0.0564 e. The highest BCUT2D eigenvalue weighted by Gasteiger charge is 2.25. The normalized spacial score (nSPS) is 23.0. The van der Waals surface area contributed by atoms with Crippen LogP contribution in [0, 0.1) is 5.92 Å². The Morgan fingerprint density at radius 2 is 2.05 bits per heavy atom. The maximum atomic E-state index is 6.14. The van der Waals surface area contributed by atoms with Crippen molar-refractivity contribution < 1.29 is 0 Å². The monoisotopic (exact) mass is 308 g/mol. The van der Waals surface area contributed by atoms with Gasteiger partial charge in [-0.15, -0.1) is 11.3 Å². The van der Waals surface area contributed by atoms with E-state index in [1.807, 2.05) is 11.3 Å². The molecule has 0 saturated carbocycles. The molecule has 1 saturated heterocycles. The highest BCUT2D eigenvalue weighted by atomic mass is 32.1. The van der Waals surface area contributed by atoms with Crippen LogP contribution < -0.4 is 5.73 Å². The number of thiophene rings is 1. The number of rotatable bonds is 4. The van der Waals surface area contributed by atoms with Gasteiger partial charge in [-0.1, -0.05) is 34.1 Å². The lowest BCUT2D eigenvalue weighted by molar-refractivity contribution is 0.209. The van der Waals surface area contributed by atoms with Gasteiger partial charge in [-0.25, -0.2) is 0 Å². The fraction of sp³-hybridized carbons (Fsp3) is 0.778. The molecule has 2 unspecified atom stereocenters. The first-order valence-electron chi connectivity index (χ1n) is 8.50. The summed E-state index contributed by atoms with van der Waals surface area (Å²) >= 11 is 1.96. The molecular formula is C18H32N2S. The van der Waals surface area contributed by atoms with E-state index >= 15 is 0 Å². The maximum absolute atomic E-state index is 6.14. The van der Waals surface area contributed by atoms with Crippen LogP contribution in [0.4, 0.5) is 0 Å². The van der Waals surface area contributed by atoms with Crippen LogP contribution in [0.5, 0.6) is 0 Å². The lowest BCUT2D eigenvalue weighted by Crippen LogP contribution is -2.34. The number of hydrogen-bond donors (Lipinski definition) is 1. The Morgan fingerprint density at radius 3 is 2.62 bits per heavy atom. The van der Waals surface area contributed by atoms with Crippen LogP contribution in [-0.4, -0.2) is 24.5 Å². The summed E-state index contributed by atoms with van der Waals surface area (Å²) in [5, 5.41) is 0. The largest absolute Gasteiger partial charge is 0.329 e. The molecule has 2 rings (SSSR count). The Bertz CT molecular complexity index is 433. The number of likely N-dealkylation sites (tertiary alicyclic amines) is 1. The second kappa shape index (κ2) is 7.26. The van der Waals surface area contributed by atoms with Gasteiger partial charge in [0.15, 0.2) is 0 Å². The molecule has 3 heteroatoms. The average molecular weight is 309 g/mol. The second-order valence-electron chi connectivity index (χ2n) is 7.44. The summed E-state index contributed by atoms with van der Waals surface area (Å²) in [5.41, 5.74) is 6.38. The highest BCUT2D eigenvalue weighted by molar-refractivity contribution is 7.12. The van der Waals surface area contributed by atoms with Crippen LogP contribution in [0.3, 0.4) is 0 Å². The molecular weight excluding hydrogens is 276 g/mol. The molecule has 1 aliphatic heterocycles. The lowest BCUT2D eigenvalue weighted by atomic mass is 9.95. The SMILES string of the molecule is CCC1CCCN(C(CN)c2ccc(C(C)(C)C)s2)CC1. The summed E-state index contributed by atoms with van der Waals surface area (Å²) in [5.74, 6) is 0.918. The van der Waals surface area contributed by atoms with Crippen molar-refractivity contribution in [2.75, 3.05) is 19.6 Å². The minimum atomic E-state index is 0.244. The summed E-state index contributed by atoms with van der Waals surface area (Å²) in [6.45, 7) is 12.4. The van der Waals surface area contributed by atoms with Gasteiger partial charge in [-0.2, -0.15) is 0 Å². The van der Waals surface area contributed by atoms with E-state index < -0.39 is 0 Å². The van der Waals surface area contributed by atoms with E-state index in [2.05, 4.69) is 44.7 Å². The van der Waals surface area contributed by atoms with Gasteiger partial charge in [0.2, 0.25) is 0 Å². The molecule has 1 aliphatic rings. The van der Waals surface area contributed by atoms with Crippen molar-refractivity contribution in [3.8, 4) is 0 Å².